The lowest BCUT2D eigenvalue weighted by Crippen LogP contribution is -2.40. The molecule has 0 unspecified atom stereocenters. The Balaban J connectivity index is 0.000000114. The third kappa shape index (κ3) is 2.86. The Bertz CT molecular complexity index is 190. The fourth-order valence-corrected chi connectivity index (χ4v) is 4.17. The largest absolute Gasteiger partial charge is 0.396 e. The minimum Gasteiger partial charge on any atom is -0.396 e. The summed E-state index contributed by atoms with van der Waals surface area (Å²) in [4.78, 5) is 0. The molecule has 2 aliphatic carbocycles. The highest BCUT2D eigenvalue weighted by molar-refractivity contribution is 8.02. The lowest BCUT2D eigenvalue weighted by atomic mass is 9.81. The van der Waals surface area contributed by atoms with Crippen molar-refractivity contribution in [2.75, 3.05) is 12.4 Å². The van der Waals surface area contributed by atoms with Crippen LogP contribution in [0.3, 0.4) is 0 Å². The van der Waals surface area contributed by atoms with E-state index in [0.717, 1.165) is 11.2 Å². The molecule has 0 aromatic rings. The first-order valence-corrected chi connectivity index (χ1v) is 7.59. The minimum atomic E-state index is 0.217. The first-order valence-electron chi connectivity index (χ1n) is 6.15. The highest BCUT2D eigenvalue weighted by atomic mass is 32.2. The summed E-state index contributed by atoms with van der Waals surface area (Å²) in [6.45, 7) is 0.295. The summed E-state index contributed by atoms with van der Waals surface area (Å²) >= 11 is 6.59. The molecule has 1 N–H and O–H groups in total. The standard InChI is InChI=1S/C6H12OS.C6H10S/c7-5-4-6(8)2-1-3-6;1-2-6(3-1)4-5-7-6/h7-8H,1-5H2;1-5H2. The van der Waals surface area contributed by atoms with E-state index < -0.39 is 0 Å². The van der Waals surface area contributed by atoms with Crippen LogP contribution in [-0.2, 0) is 0 Å². The van der Waals surface area contributed by atoms with Crippen LogP contribution in [0.4, 0.5) is 0 Å². The van der Waals surface area contributed by atoms with Gasteiger partial charge in [-0.15, -0.1) is 0 Å². The topological polar surface area (TPSA) is 20.2 Å². The van der Waals surface area contributed by atoms with E-state index >= 15 is 0 Å². The van der Waals surface area contributed by atoms with E-state index in [0.29, 0.717) is 6.61 Å². The van der Waals surface area contributed by atoms with E-state index in [1.165, 1.54) is 50.7 Å². The molecule has 1 aliphatic heterocycles. The molecular formula is C12H22OS2. The molecule has 0 aromatic heterocycles. The van der Waals surface area contributed by atoms with Crippen LogP contribution in [-0.4, -0.2) is 27.0 Å². The molecule has 1 spiro atoms. The van der Waals surface area contributed by atoms with Crippen molar-refractivity contribution in [2.24, 2.45) is 0 Å². The Morgan fingerprint density at radius 1 is 1.07 bits per heavy atom. The monoisotopic (exact) mass is 246 g/mol. The summed E-state index contributed by atoms with van der Waals surface area (Å²) in [6.07, 6.45) is 10.6. The zero-order valence-corrected chi connectivity index (χ0v) is 11.1. The second-order valence-electron chi connectivity index (χ2n) is 5.19. The molecule has 3 rings (SSSR count). The van der Waals surface area contributed by atoms with Gasteiger partial charge in [-0.25, -0.2) is 0 Å². The van der Waals surface area contributed by atoms with E-state index in [1.807, 2.05) is 0 Å². The molecule has 88 valence electrons. The van der Waals surface area contributed by atoms with Gasteiger partial charge in [0.05, 0.1) is 0 Å². The molecular weight excluding hydrogens is 224 g/mol. The van der Waals surface area contributed by atoms with Gasteiger partial charge in [-0.05, 0) is 44.3 Å². The second kappa shape index (κ2) is 4.89. The molecule has 1 nitrogen and oxygen atoms in total. The van der Waals surface area contributed by atoms with Crippen molar-refractivity contribution in [1.82, 2.24) is 0 Å². The smallest absolute Gasteiger partial charge is 0.0444 e. The van der Waals surface area contributed by atoms with Crippen molar-refractivity contribution in [2.45, 2.75) is 60.9 Å². The van der Waals surface area contributed by atoms with Gasteiger partial charge in [-0.2, -0.15) is 24.4 Å². The van der Waals surface area contributed by atoms with Gasteiger partial charge in [0, 0.05) is 16.1 Å². The third-order valence-electron chi connectivity index (χ3n) is 4.09. The number of rotatable bonds is 2. The van der Waals surface area contributed by atoms with Crippen molar-refractivity contribution in [1.29, 1.82) is 0 Å². The zero-order valence-electron chi connectivity index (χ0n) is 9.37. The van der Waals surface area contributed by atoms with E-state index in [4.69, 9.17) is 5.11 Å². The molecule has 1 saturated heterocycles. The van der Waals surface area contributed by atoms with E-state index in [9.17, 15) is 0 Å². The predicted molar refractivity (Wildman–Crippen MR) is 70.9 cm³/mol. The van der Waals surface area contributed by atoms with Crippen LogP contribution < -0.4 is 0 Å². The van der Waals surface area contributed by atoms with Crippen molar-refractivity contribution in [3.05, 3.63) is 0 Å². The van der Waals surface area contributed by atoms with Gasteiger partial charge in [0.1, 0.15) is 0 Å². The lowest BCUT2D eigenvalue weighted by Gasteiger charge is -2.48. The number of hydrogen-bond acceptors (Lipinski definition) is 3. The van der Waals surface area contributed by atoms with E-state index in [1.54, 1.807) is 0 Å². The van der Waals surface area contributed by atoms with Crippen molar-refractivity contribution >= 4 is 24.4 Å². The molecule has 0 aromatic carbocycles. The summed E-state index contributed by atoms with van der Waals surface area (Å²) in [5.41, 5.74) is 0. The Morgan fingerprint density at radius 3 is 1.73 bits per heavy atom. The van der Waals surface area contributed by atoms with Gasteiger partial charge < -0.3 is 5.11 Å². The van der Waals surface area contributed by atoms with Gasteiger partial charge in [-0.3, -0.25) is 0 Å². The number of aliphatic hydroxyl groups is 1. The van der Waals surface area contributed by atoms with Crippen LogP contribution in [0.1, 0.15) is 51.4 Å². The van der Waals surface area contributed by atoms with Gasteiger partial charge in [0.15, 0.2) is 0 Å². The molecule has 15 heavy (non-hydrogen) atoms. The van der Waals surface area contributed by atoms with Crippen LogP contribution in [0.15, 0.2) is 0 Å². The third-order valence-corrected chi connectivity index (χ3v) is 6.40. The number of hydrogen-bond donors (Lipinski definition) is 2. The Morgan fingerprint density at radius 2 is 1.67 bits per heavy atom. The number of aliphatic hydroxyl groups excluding tert-OH is 1. The molecule has 0 bridgehead atoms. The first-order chi connectivity index (χ1) is 7.18. The van der Waals surface area contributed by atoms with E-state index in [-0.39, 0.29) is 4.75 Å². The summed E-state index contributed by atoms with van der Waals surface area (Å²) in [6, 6.07) is 0. The SMILES string of the molecule is C1CC2(C1)CCS2.OCCC1(S)CCC1. The molecule has 0 radical (unpaired) electrons. The van der Waals surface area contributed by atoms with Crippen LogP contribution in [0.25, 0.3) is 0 Å². The molecule has 2 saturated carbocycles. The molecule has 3 aliphatic rings. The fraction of sp³-hybridized carbons (Fsp3) is 1.00. The maximum atomic E-state index is 8.52. The quantitative estimate of drug-likeness (QED) is 0.729. The Labute approximate surface area is 103 Å². The normalized spacial score (nSPS) is 29.2. The van der Waals surface area contributed by atoms with Crippen LogP contribution >= 0.6 is 24.4 Å². The van der Waals surface area contributed by atoms with Crippen molar-refractivity contribution in [3.8, 4) is 0 Å². The van der Waals surface area contributed by atoms with Crippen LogP contribution in [0.2, 0.25) is 0 Å². The van der Waals surface area contributed by atoms with E-state index in [2.05, 4.69) is 24.4 Å². The summed E-state index contributed by atoms with van der Waals surface area (Å²) in [7, 11) is 0. The summed E-state index contributed by atoms with van der Waals surface area (Å²) in [5.74, 6) is 1.44. The molecule has 3 heteroatoms. The lowest BCUT2D eigenvalue weighted by molar-refractivity contribution is 0.232. The highest BCUT2D eigenvalue weighted by Gasteiger charge is 2.42. The molecule has 0 atom stereocenters. The predicted octanol–water partition coefficient (Wildman–Crippen LogP) is 3.27. The van der Waals surface area contributed by atoms with Crippen LogP contribution in [0.5, 0.6) is 0 Å². The maximum absolute atomic E-state index is 8.52. The zero-order chi connectivity index (χ0) is 10.8. The summed E-state index contributed by atoms with van der Waals surface area (Å²) in [5, 5.41) is 8.52. The van der Waals surface area contributed by atoms with Crippen LogP contribution in [0, 0.1) is 0 Å². The fourth-order valence-electron chi connectivity index (χ4n) is 2.40. The van der Waals surface area contributed by atoms with Crippen molar-refractivity contribution < 1.29 is 5.11 Å². The maximum Gasteiger partial charge on any atom is 0.0444 e. The Kier molecular flexibility index (Phi) is 3.95. The van der Waals surface area contributed by atoms with Crippen molar-refractivity contribution in [3.63, 3.8) is 0 Å². The summed E-state index contributed by atoms with van der Waals surface area (Å²) < 4.78 is 1.08. The van der Waals surface area contributed by atoms with Gasteiger partial charge in [0.2, 0.25) is 0 Å². The first kappa shape index (κ1) is 12.1. The molecule has 3 fully saturated rings. The minimum absolute atomic E-state index is 0.217. The Hall–Kier alpha value is 0.660. The number of thioether (sulfide) groups is 1. The van der Waals surface area contributed by atoms with Gasteiger partial charge in [0.25, 0.3) is 0 Å². The molecule has 0 amide bonds. The average Bonchev–Trinajstić information content (AvgIpc) is 1.97. The van der Waals surface area contributed by atoms with Gasteiger partial charge >= 0.3 is 0 Å². The highest BCUT2D eigenvalue weighted by Crippen LogP contribution is 2.54. The molecule has 1 heterocycles. The average molecular weight is 246 g/mol. The number of thiol groups is 1. The van der Waals surface area contributed by atoms with Gasteiger partial charge in [-0.1, -0.05) is 12.8 Å². The second-order valence-corrected chi connectivity index (χ2v) is 7.70.